The van der Waals surface area contributed by atoms with Crippen molar-refractivity contribution < 1.29 is 19.4 Å². The van der Waals surface area contributed by atoms with Gasteiger partial charge in [-0.05, 0) is 32.9 Å². The van der Waals surface area contributed by atoms with Crippen LogP contribution in [0.25, 0.3) is 0 Å². The lowest BCUT2D eigenvalue weighted by molar-refractivity contribution is 0.0262. The van der Waals surface area contributed by atoms with Crippen LogP contribution in [-0.2, 0) is 6.54 Å². The first kappa shape index (κ1) is 14.1. The maximum absolute atomic E-state index is 11.0. The van der Waals surface area contributed by atoms with Gasteiger partial charge in [-0.25, -0.2) is 4.79 Å². The third-order valence-corrected chi connectivity index (χ3v) is 3.86. The van der Waals surface area contributed by atoms with Gasteiger partial charge >= 0.3 is 5.97 Å². The third kappa shape index (κ3) is 3.16. The molecule has 1 fully saturated rings. The Labute approximate surface area is 112 Å². The Kier molecular flexibility index (Phi) is 4.27. The number of nitrogens with zero attached hydrogens (tertiary/aromatic N) is 1. The Balaban J connectivity index is 2.04. The lowest BCUT2D eigenvalue weighted by atomic mass is 9.91. The maximum atomic E-state index is 11.0. The number of carboxylic acid groups (broad SMARTS) is 1. The molecule has 1 aromatic heterocycles. The van der Waals surface area contributed by atoms with Crippen molar-refractivity contribution in [2.24, 2.45) is 0 Å². The molecule has 0 radical (unpaired) electrons. The summed E-state index contributed by atoms with van der Waals surface area (Å²) < 4.78 is 5.47. The van der Waals surface area contributed by atoms with E-state index < -0.39 is 5.97 Å². The van der Waals surface area contributed by atoms with E-state index in [0.29, 0.717) is 18.1 Å². The number of aryl methyl sites for hydroxylation is 1. The molecule has 5 nitrogen and oxygen atoms in total. The second-order valence-electron chi connectivity index (χ2n) is 5.32. The van der Waals surface area contributed by atoms with E-state index in [1.54, 1.807) is 13.0 Å². The van der Waals surface area contributed by atoms with Gasteiger partial charge < -0.3 is 14.6 Å². The van der Waals surface area contributed by atoms with Crippen LogP contribution in [0.2, 0.25) is 0 Å². The van der Waals surface area contributed by atoms with E-state index >= 15 is 0 Å². The molecule has 0 aromatic carbocycles. The maximum Gasteiger partial charge on any atom is 0.339 e. The standard InChI is InChI=1S/C14H21NO4/c1-9-11(14(17)18)7-10(19-9)8-15(2)12-5-3-4-6-13(12)16/h7,12-13,16H,3-6,8H2,1-2H3,(H,17,18). The lowest BCUT2D eigenvalue weighted by Gasteiger charge is -2.34. The smallest absolute Gasteiger partial charge is 0.339 e. The van der Waals surface area contributed by atoms with E-state index in [2.05, 4.69) is 0 Å². The number of aliphatic hydroxyl groups is 1. The van der Waals surface area contributed by atoms with Crippen LogP contribution in [-0.4, -0.2) is 40.3 Å². The van der Waals surface area contributed by atoms with Crippen molar-refractivity contribution in [2.45, 2.75) is 51.3 Å². The van der Waals surface area contributed by atoms with E-state index in [1.165, 1.54) is 0 Å². The van der Waals surface area contributed by atoms with Crippen LogP contribution >= 0.6 is 0 Å². The lowest BCUT2D eigenvalue weighted by Crippen LogP contribution is -2.42. The molecule has 1 aliphatic rings. The van der Waals surface area contributed by atoms with Crippen molar-refractivity contribution in [3.63, 3.8) is 0 Å². The summed E-state index contributed by atoms with van der Waals surface area (Å²) in [6.45, 7) is 2.18. The average Bonchev–Trinajstić information content (AvgIpc) is 2.70. The van der Waals surface area contributed by atoms with Gasteiger partial charge in [-0.3, -0.25) is 4.90 Å². The summed E-state index contributed by atoms with van der Waals surface area (Å²) in [4.78, 5) is 13.0. The Morgan fingerprint density at radius 1 is 1.47 bits per heavy atom. The van der Waals surface area contributed by atoms with Crippen molar-refractivity contribution in [1.29, 1.82) is 0 Å². The minimum Gasteiger partial charge on any atom is -0.478 e. The van der Waals surface area contributed by atoms with Gasteiger partial charge in [-0.1, -0.05) is 12.8 Å². The van der Waals surface area contributed by atoms with Gasteiger partial charge in [0.15, 0.2) is 0 Å². The fourth-order valence-corrected chi connectivity index (χ4v) is 2.80. The Morgan fingerprint density at radius 2 is 2.16 bits per heavy atom. The van der Waals surface area contributed by atoms with Crippen LogP contribution in [0.1, 0.15) is 47.6 Å². The Morgan fingerprint density at radius 3 is 2.74 bits per heavy atom. The third-order valence-electron chi connectivity index (χ3n) is 3.86. The SMILES string of the molecule is Cc1oc(CN(C)C2CCCCC2O)cc1C(=O)O. The van der Waals surface area contributed by atoms with E-state index in [0.717, 1.165) is 25.7 Å². The summed E-state index contributed by atoms with van der Waals surface area (Å²) >= 11 is 0. The van der Waals surface area contributed by atoms with Gasteiger partial charge in [0.1, 0.15) is 17.1 Å². The largest absolute Gasteiger partial charge is 0.478 e. The number of rotatable bonds is 4. The predicted molar refractivity (Wildman–Crippen MR) is 70.1 cm³/mol. The number of hydrogen-bond acceptors (Lipinski definition) is 4. The molecule has 0 spiro atoms. The first-order valence-corrected chi connectivity index (χ1v) is 6.70. The Hall–Kier alpha value is -1.33. The van der Waals surface area contributed by atoms with Gasteiger partial charge in [-0.15, -0.1) is 0 Å². The number of hydrogen-bond donors (Lipinski definition) is 2. The molecule has 1 heterocycles. The topological polar surface area (TPSA) is 73.9 Å². The normalized spacial score (nSPS) is 23.8. The van der Waals surface area contributed by atoms with E-state index in [-0.39, 0.29) is 17.7 Å². The van der Waals surface area contributed by atoms with E-state index in [9.17, 15) is 9.90 Å². The van der Waals surface area contributed by atoms with Gasteiger partial charge in [0, 0.05) is 6.04 Å². The van der Waals surface area contributed by atoms with Crippen LogP contribution in [0, 0.1) is 6.92 Å². The molecule has 0 amide bonds. The first-order valence-electron chi connectivity index (χ1n) is 6.70. The monoisotopic (exact) mass is 267 g/mol. The second kappa shape index (κ2) is 5.75. The van der Waals surface area contributed by atoms with Crippen molar-refractivity contribution in [2.75, 3.05) is 7.05 Å². The highest BCUT2D eigenvalue weighted by Gasteiger charge is 2.27. The van der Waals surface area contributed by atoms with Gasteiger partial charge in [0.2, 0.25) is 0 Å². The quantitative estimate of drug-likeness (QED) is 0.873. The molecular weight excluding hydrogens is 246 g/mol. The highest BCUT2D eigenvalue weighted by Crippen LogP contribution is 2.24. The van der Waals surface area contributed by atoms with Gasteiger partial charge in [-0.2, -0.15) is 0 Å². The molecule has 1 aliphatic carbocycles. The molecule has 2 rings (SSSR count). The molecule has 2 unspecified atom stereocenters. The summed E-state index contributed by atoms with van der Waals surface area (Å²) in [6.07, 6.45) is 3.72. The number of carbonyl (C=O) groups is 1. The van der Waals surface area contributed by atoms with Crippen LogP contribution in [0.3, 0.4) is 0 Å². The first-order chi connectivity index (χ1) is 8.99. The number of carboxylic acids is 1. The molecule has 1 aromatic rings. The molecule has 106 valence electrons. The van der Waals surface area contributed by atoms with Gasteiger partial charge in [0.05, 0.1) is 12.6 Å². The molecule has 0 bridgehead atoms. The minimum absolute atomic E-state index is 0.132. The molecule has 19 heavy (non-hydrogen) atoms. The van der Waals surface area contributed by atoms with Crippen LogP contribution in [0.15, 0.2) is 10.5 Å². The van der Waals surface area contributed by atoms with Crippen LogP contribution < -0.4 is 0 Å². The number of furan rings is 1. The van der Waals surface area contributed by atoms with Crippen LogP contribution in [0.5, 0.6) is 0 Å². The molecular formula is C14H21NO4. The summed E-state index contributed by atoms with van der Waals surface area (Å²) in [5, 5.41) is 19.0. The number of likely N-dealkylation sites (N-methyl/N-ethyl adjacent to an activating group) is 1. The molecule has 5 heteroatoms. The highest BCUT2D eigenvalue weighted by atomic mass is 16.4. The molecule has 0 aliphatic heterocycles. The van der Waals surface area contributed by atoms with E-state index in [1.807, 2.05) is 11.9 Å². The zero-order chi connectivity index (χ0) is 14.0. The second-order valence-corrected chi connectivity index (χ2v) is 5.32. The van der Waals surface area contributed by atoms with Crippen LogP contribution in [0.4, 0.5) is 0 Å². The van der Waals surface area contributed by atoms with E-state index in [4.69, 9.17) is 9.52 Å². The Bertz CT molecular complexity index is 454. The number of aromatic carboxylic acids is 1. The fourth-order valence-electron chi connectivity index (χ4n) is 2.80. The molecule has 2 N–H and O–H groups in total. The van der Waals surface area contributed by atoms with Gasteiger partial charge in [0.25, 0.3) is 0 Å². The summed E-state index contributed by atoms with van der Waals surface area (Å²) in [5.74, 6) is 0.100. The predicted octanol–water partition coefficient (Wildman–Crippen LogP) is 2.02. The summed E-state index contributed by atoms with van der Waals surface area (Å²) in [6, 6.07) is 1.70. The number of aliphatic hydroxyl groups excluding tert-OH is 1. The van der Waals surface area contributed by atoms with Crippen molar-refractivity contribution in [1.82, 2.24) is 4.90 Å². The molecule has 1 saturated carbocycles. The fraction of sp³-hybridized carbons (Fsp3) is 0.643. The summed E-state index contributed by atoms with van der Waals surface area (Å²) in [5.41, 5.74) is 0.215. The average molecular weight is 267 g/mol. The summed E-state index contributed by atoms with van der Waals surface area (Å²) in [7, 11) is 1.94. The van der Waals surface area contributed by atoms with Crippen molar-refractivity contribution in [3.8, 4) is 0 Å². The highest BCUT2D eigenvalue weighted by molar-refractivity contribution is 5.88. The van der Waals surface area contributed by atoms with Crippen molar-refractivity contribution >= 4 is 5.97 Å². The molecule has 2 atom stereocenters. The zero-order valence-corrected chi connectivity index (χ0v) is 11.4. The molecule has 0 saturated heterocycles. The minimum atomic E-state index is -0.965. The zero-order valence-electron chi connectivity index (χ0n) is 11.4. The van der Waals surface area contributed by atoms with Crippen molar-refractivity contribution in [3.05, 3.63) is 23.2 Å².